The molecule has 9 heteroatoms. The van der Waals surface area contributed by atoms with E-state index in [0.29, 0.717) is 37.3 Å². The summed E-state index contributed by atoms with van der Waals surface area (Å²) < 4.78 is 27.9. The van der Waals surface area contributed by atoms with Gasteiger partial charge in [-0.25, -0.2) is 9.79 Å². The van der Waals surface area contributed by atoms with E-state index in [-0.39, 0.29) is 23.4 Å². The number of carbonyl (C=O) groups is 2. The van der Waals surface area contributed by atoms with E-state index in [1.807, 2.05) is 26.8 Å². The Kier molecular flexibility index (Phi) is 6.47. The van der Waals surface area contributed by atoms with Gasteiger partial charge in [0.25, 0.3) is 5.90 Å². The minimum atomic E-state index is -2.11. The summed E-state index contributed by atoms with van der Waals surface area (Å²) in [6.07, 6.45) is 2.62. The number of esters is 2. The molecule has 1 aromatic rings. The Morgan fingerprint density at radius 3 is 2.62 bits per heavy atom. The lowest BCUT2D eigenvalue weighted by Crippen LogP contribution is -2.84. The second-order valence-electron chi connectivity index (χ2n) is 7.22. The summed E-state index contributed by atoms with van der Waals surface area (Å²) in [6, 6.07) is 5.26. The van der Waals surface area contributed by atoms with Crippen LogP contribution in [0.1, 0.15) is 56.0 Å². The highest BCUT2D eigenvalue weighted by molar-refractivity contribution is 6.65. The topological polar surface area (TPSA) is 94.3 Å². The van der Waals surface area contributed by atoms with Gasteiger partial charge in [0.2, 0.25) is 6.79 Å². The van der Waals surface area contributed by atoms with Crippen LogP contribution in [0.3, 0.4) is 0 Å². The molecule has 0 bridgehead atoms. The highest BCUT2D eigenvalue weighted by atomic mass is 16.8. The summed E-state index contributed by atoms with van der Waals surface area (Å²) >= 11 is 0. The molecule has 1 N–H and O–H groups in total. The van der Waals surface area contributed by atoms with E-state index in [9.17, 15) is 9.59 Å². The first kappa shape index (κ1) is 21.2. The molecule has 29 heavy (non-hydrogen) atoms. The number of carbonyl (C=O) groups excluding carboxylic acids is 2. The van der Waals surface area contributed by atoms with Crippen LogP contribution in [-0.4, -0.2) is 44.4 Å². The Balaban J connectivity index is 1.72. The van der Waals surface area contributed by atoms with E-state index in [1.54, 1.807) is 12.1 Å². The first-order valence-corrected chi connectivity index (χ1v) is 10.1. The van der Waals surface area contributed by atoms with Gasteiger partial charge in [0.15, 0.2) is 0 Å². The third kappa shape index (κ3) is 4.10. The summed E-state index contributed by atoms with van der Waals surface area (Å²) in [7, 11) is 1.52. The molecule has 0 saturated carbocycles. The molecule has 2 aliphatic rings. The normalized spacial score (nSPS) is 22.1. The fraction of sp³-hybridized carbons (Fsp3) is 0.550. The maximum atomic E-state index is 12.6. The lowest BCUT2D eigenvalue weighted by atomic mass is 9.64. The lowest BCUT2D eigenvalue weighted by Gasteiger charge is -2.41. The second-order valence-corrected chi connectivity index (χ2v) is 7.22. The average molecular weight is 405 g/mol. The van der Waals surface area contributed by atoms with Crippen LogP contribution in [0.25, 0.3) is 0 Å². The molecule has 0 fully saturated rings. The van der Waals surface area contributed by atoms with Crippen LogP contribution >= 0.6 is 0 Å². The summed E-state index contributed by atoms with van der Waals surface area (Å²) in [4.78, 5) is 27.9. The van der Waals surface area contributed by atoms with Crippen molar-refractivity contribution in [1.82, 2.24) is 0 Å². The first-order valence-electron chi connectivity index (χ1n) is 10.1. The Hall–Kier alpha value is -2.55. The number of hydrogen-bond acceptors (Lipinski definition) is 7. The van der Waals surface area contributed by atoms with E-state index in [1.165, 1.54) is 7.11 Å². The highest BCUT2D eigenvalue weighted by Crippen LogP contribution is 2.35. The summed E-state index contributed by atoms with van der Waals surface area (Å²) in [5.74, 6) is -0.298. The van der Waals surface area contributed by atoms with Crippen molar-refractivity contribution >= 4 is 24.6 Å². The van der Waals surface area contributed by atoms with E-state index in [2.05, 4.69) is 4.99 Å². The van der Waals surface area contributed by atoms with Crippen molar-refractivity contribution in [3.8, 4) is 5.75 Å². The van der Waals surface area contributed by atoms with Crippen molar-refractivity contribution < 1.29 is 38.0 Å². The van der Waals surface area contributed by atoms with E-state index < -0.39 is 19.5 Å². The molecule has 158 valence electrons. The van der Waals surface area contributed by atoms with Crippen LogP contribution in [0.2, 0.25) is 0 Å². The SMILES string of the molecule is CCC1=[NH+][C@H]2Cc3cccc(C(=O)OCOC(=O)C(CC)CC)c3O[B@@-]2(OC)O1. The lowest BCUT2D eigenvalue weighted by molar-refractivity contribution is -0.481. The number of rotatable bonds is 8. The zero-order chi connectivity index (χ0) is 21.0. The third-order valence-corrected chi connectivity index (χ3v) is 5.54. The number of ether oxygens (including phenoxy) is 2. The van der Waals surface area contributed by atoms with Gasteiger partial charge in [-0.2, -0.15) is 0 Å². The average Bonchev–Trinajstić information content (AvgIpc) is 3.10. The van der Waals surface area contributed by atoms with E-state index in [0.717, 1.165) is 5.56 Å². The van der Waals surface area contributed by atoms with Crippen molar-refractivity contribution in [3.05, 3.63) is 29.3 Å². The van der Waals surface area contributed by atoms with Gasteiger partial charge in [0, 0.05) is 6.42 Å². The molecular formula is C20H28BNO7. The van der Waals surface area contributed by atoms with Crippen molar-refractivity contribution in [2.75, 3.05) is 13.9 Å². The first-order chi connectivity index (χ1) is 14.0. The molecule has 0 unspecified atom stereocenters. The predicted molar refractivity (Wildman–Crippen MR) is 105 cm³/mol. The van der Waals surface area contributed by atoms with Gasteiger partial charge in [0.05, 0.1) is 23.7 Å². The molecule has 0 amide bonds. The Labute approximate surface area is 170 Å². The Morgan fingerprint density at radius 1 is 1.21 bits per heavy atom. The van der Waals surface area contributed by atoms with Crippen LogP contribution in [0.15, 0.2) is 18.2 Å². The van der Waals surface area contributed by atoms with Crippen LogP contribution in [0, 0.1) is 5.92 Å². The highest BCUT2D eigenvalue weighted by Gasteiger charge is 2.55. The van der Waals surface area contributed by atoms with E-state index >= 15 is 0 Å². The molecular weight excluding hydrogens is 377 g/mol. The summed E-state index contributed by atoms with van der Waals surface area (Å²) in [5, 5.41) is 0. The van der Waals surface area contributed by atoms with Gasteiger partial charge in [-0.3, -0.25) is 4.79 Å². The largest absolute Gasteiger partial charge is 0.655 e. The molecule has 8 nitrogen and oxygen atoms in total. The Bertz CT molecular complexity index is 808. The van der Waals surface area contributed by atoms with Crippen LogP contribution < -0.4 is 9.65 Å². The number of para-hydroxylation sites is 1. The van der Waals surface area contributed by atoms with Gasteiger partial charge >= 0.3 is 18.7 Å². The number of hydrogen-bond donors (Lipinski definition) is 1. The number of nitrogens with one attached hydrogen (secondary N) is 1. The molecule has 2 heterocycles. The molecule has 3 rings (SSSR count). The maximum Gasteiger partial charge on any atom is 0.562 e. The molecule has 0 spiro atoms. The van der Waals surface area contributed by atoms with Gasteiger partial charge in [-0.05, 0) is 31.6 Å². The molecule has 0 aliphatic carbocycles. The number of fused-ring (bicyclic) bond motifs is 2. The minimum Gasteiger partial charge on any atom is -0.655 e. The monoisotopic (exact) mass is 405 g/mol. The van der Waals surface area contributed by atoms with Crippen molar-refractivity contribution in [1.29, 1.82) is 0 Å². The molecule has 0 aromatic heterocycles. The van der Waals surface area contributed by atoms with Crippen molar-refractivity contribution in [3.63, 3.8) is 0 Å². The zero-order valence-electron chi connectivity index (χ0n) is 17.4. The van der Waals surface area contributed by atoms with Crippen LogP contribution in [0.5, 0.6) is 5.75 Å². The maximum absolute atomic E-state index is 12.6. The van der Waals surface area contributed by atoms with Gasteiger partial charge in [-0.1, -0.05) is 32.9 Å². The van der Waals surface area contributed by atoms with Crippen molar-refractivity contribution in [2.24, 2.45) is 5.92 Å². The van der Waals surface area contributed by atoms with Gasteiger partial charge in [-0.15, -0.1) is 0 Å². The summed E-state index contributed by atoms with van der Waals surface area (Å²) in [6.45, 7) is 3.25. The number of benzene rings is 1. The fourth-order valence-electron chi connectivity index (χ4n) is 3.78. The quantitative estimate of drug-likeness (QED) is 0.394. The molecule has 2 atom stereocenters. The molecule has 0 radical (unpaired) electrons. The third-order valence-electron chi connectivity index (χ3n) is 5.54. The predicted octanol–water partition coefficient (Wildman–Crippen LogP) is 1.13. The van der Waals surface area contributed by atoms with E-state index in [4.69, 9.17) is 23.4 Å². The van der Waals surface area contributed by atoms with Crippen LogP contribution in [-0.2, 0) is 30.0 Å². The standard InChI is InChI=1S/C20H27BNO7/c1-5-13(6-2)19(23)26-12-27-20(24)15-10-8-9-14-11-16-21(25-4,29-18(14)15)28-17(7-3)22-16/h8-10,13,16H,5-7,11-12H2,1-4H3/q-1/p+1/t16-,21-/m0/s1. The zero-order valence-corrected chi connectivity index (χ0v) is 17.4. The minimum absolute atomic E-state index is 0.172. The molecule has 0 saturated heterocycles. The van der Waals surface area contributed by atoms with Crippen molar-refractivity contribution in [2.45, 2.75) is 52.4 Å². The summed E-state index contributed by atoms with van der Waals surface area (Å²) in [5.41, 5.74) is 1.09. The van der Waals surface area contributed by atoms with Gasteiger partial charge in [0.1, 0.15) is 5.94 Å². The molecule has 2 aliphatic heterocycles. The molecule has 1 aromatic carbocycles. The smallest absolute Gasteiger partial charge is 0.562 e. The van der Waals surface area contributed by atoms with Crippen LogP contribution in [0.4, 0.5) is 0 Å². The Morgan fingerprint density at radius 2 is 1.97 bits per heavy atom. The second kappa shape index (κ2) is 8.86. The fourth-order valence-corrected chi connectivity index (χ4v) is 3.78. The van der Waals surface area contributed by atoms with Gasteiger partial charge < -0.3 is 23.4 Å².